The van der Waals surface area contributed by atoms with Crippen molar-refractivity contribution in [3.05, 3.63) is 52.2 Å². The fraction of sp³-hybridized carbons (Fsp3) is 0. The molecule has 2 rings (SSSR count). The number of carbonyl (C=O) groups is 1. The summed E-state index contributed by atoms with van der Waals surface area (Å²) in [7, 11) is 0. The molecule has 0 saturated carbocycles. The Morgan fingerprint density at radius 1 is 1.39 bits per heavy atom. The van der Waals surface area contributed by atoms with E-state index in [4.69, 9.17) is 5.11 Å². The minimum absolute atomic E-state index is 0.175. The molecule has 5 nitrogen and oxygen atoms in total. The fourth-order valence-electron chi connectivity index (χ4n) is 1.27. The maximum atomic E-state index is 13.0. The molecular formula is C11H7FN2O3S. The van der Waals surface area contributed by atoms with Crippen LogP contribution in [0.3, 0.4) is 0 Å². The Balaban J connectivity index is 2.40. The van der Waals surface area contributed by atoms with Crippen LogP contribution in [-0.4, -0.2) is 21.0 Å². The third-order valence-electron chi connectivity index (χ3n) is 2.03. The standard InChI is InChI=1S/C11H7FN2O3S/c12-6-1-2-8(7(5-6)10(16)17)18-11-13-4-3-9(15)14-11/h1-5H,(H,16,17)(H,13,14,15). The summed E-state index contributed by atoms with van der Waals surface area (Å²) in [4.78, 5) is 28.7. The molecule has 2 aromatic rings. The van der Waals surface area contributed by atoms with Gasteiger partial charge in [-0.1, -0.05) is 11.8 Å². The zero-order chi connectivity index (χ0) is 13.1. The Labute approximate surface area is 105 Å². The molecule has 0 aliphatic rings. The van der Waals surface area contributed by atoms with E-state index in [0.29, 0.717) is 4.90 Å². The molecule has 2 N–H and O–H groups in total. The van der Waals surface area contributed by atoms with Crippen molar-refractivity contribution in [3.8, 4) is 0 Å². The predicted molar refractivity (Wildman–Crippen MR) is 62.3 cm³/mol. The second-order valence-electron chi connectivity index (χ2n) is 3.29. The molecule has 92 valence electrons. The molecule has 1 heterocycles. The van der Waals surface area contributed by atoms with E-state index >= 15 is 0 Å². The topological polar surface area (TPSA) is 83.0 Å². The molecule has 1 aromatic carbocycles. The van der Waals surface area contributed by atoms with Crippen LogP contribution in [0.15, 0.2) is 45.3 Å². The summed E-state index contributed by atoms with van der Waals surface area (Å²) in [5.41, 5.74) is -0.516. The van der Waals surface area contributed by atoms with Crippen LogP contribution in [0.5, 0.6) is 0 Å². The molecule has 0 amide bonds. The second kappa shape index (κ2) is 5.01. The van der Waals surface area contributed by atoms with E-state index in [9.17, 15) is 14.0 Å². The fourth-order valence-corrected chi connectivity index (χ4v) is 2.13. The van der Waals surface area contributed by atoms with Crippen molar-refractivity contribution < 1.29 is 14.3 Å². The van der Waals surface area contributed by atoms with Crippen LogP contribution < -0.4 is 5.56 Å². The van der Waals surface area contributed by atoms with Crippen molar-refractivity contribution in [1.29, 1.82) is 0 Å². The summed E-state index contributed by atoms with van der Waals surface area (Å²) >= 11 is 0.951. The van der Waals surface area contributed by atoms with E-state index in [1.807, 2.05) is 0 Å². The molecule has 0 aliphatic heterocycles. The van der Waals surface area contributed by atoms with Gasteiger partial charge in [-0.15, -0.1) is 0 Å². The number of halogens is 1. The second-order valence-corrected chi connectivity index (χ2v) is 4.32. The third kappa shape index (κ3) is 2.75. The number of nitrogens with one attached hydrogen (secondary N) is 1. The van der Waals surface area contributed by atoms with Gasteiger partial charge in [0.1, 0.15) is 5.82 Å². The Bertz CT molecular complexity index is 657. The molecule has 0 atom stereocenters. The normalized spacial score (nSPS) is 10.3. The molecule has 0 fully saturated rings. The van der Waals surface area contributed by atoms with Gasteiger partial charge in [0, 0.05) is 17.2 Å². The SMILES string of the molecule is O=C(O)c1cc(F)ccc1Sc1nccc(=O)[nH]1. The van der Waals surface area contributed by atoms with Gasteiger partial charge in [0.15, 0.2) is 5.16 Å². The first-order valence-electron chi connectivity index (χ1n) is 4.82. The smallest absolute Gasteiger partial charge is 0.336 e. The van der Waals surface area contributed by atoms with E-state index in [2.05, 4.69) is 9.97 Å². The number of aromatic nitrogens is 2. The van der Waals surface area contributed by atoms with Crippen LogP contribution in [0.25, 0.3) is 0 Å². The minimum Gasteiger partial charge on any atom is -0.478 e. The molecule has 0 aliphatic carbocycles. The van der Waals surface area contributed by atoms with E-state index < -0.39 is 11.8 Å². The first-order valence-corrected chi connectivity index (χ1v) is 5.64. The van der Waals surface area contributed by atoms with Crippen molar-refractivity contribution in [3.63, 3.8) is 0 Å². The number of aromatic carboxylic acids is 1. The molecule has 0 bridgehead atoms. The van der Waals surface area contributed by atoms with Gasteiger partial charge >= 0.3 is 5.97 Å². The molecule has 1 aromatic heterocycles. The summed E-state index contributed by atoms with van der Waals surface area (Å²) in [6.45, 7) is 0. The number of carboxylic acid groups (broad SMARTS) is 1. The highest BCUT2D eigenvalue weighted by molar-refractivity contribution is 7.99. The lowest BCUT2D eigenvalue weighted by Gasteiger charge is -2.04. The first-order chi connectivity index (χ1) is 8.56. The Hall–Kier alpha value is -2.15. The number of H-pyrrole nitrogens is 1. The van der Waals surface area contributed by atoms with Crippen molar-refractivity contribution in [1.82, 2.24) is 9.97 Å². The average molecular weight is 266 g/mol. The monoisotopic (exact) mass is 266 g/mol. The maximum Gasteiger partial charge on any atom is 0.336 e. The molecule has 0 unspecified atom stereocenters. The number of carboxylic acids is 1. The third-order valence-corrected chi connectivity index (χ3v) is 3.00. The Kier molecular flexibility index (Phi) is 3.42. The minimum atomic E-state index is -1.24. The number of benzene rings is 1. The summed E-state index contributed by atoms with van der Waals surface area (Å²) in [6.07, 6.45) is 1.31. The maximum absolute atomic E-state index is 13.0. The van der Waals surface area contributed by atoms with Crippen LogP contribution in [0, 0.1) is 5.82 Å². The lowest BCUT2D eigenvalue weighted by molar-refractivity contribution is 0.0692. The highest BCUT2D eigenvalue weighted by Gasteiger charge is 2.13. The molecule has 0 saturated heterocycles. The van der Waals surface area contributed by atoms with E-state index in [1.165, 1.54) is 18.3 Å². The van der Waals surface area contributed by atoms with Crippen LogP contribution in [-0.2, 0) is 0 Å². The number of hydrogen-bond donors (Lipinski definition) is 2. The van der Waals surface area contributed by atoms with Gasteiger partial charge in [-0.25, -0.2) is 14.2 Å². The van der Waals surface area contributed by atoms with Gasteiger partial charge in [-0.05, 0) is 18.2 Å². The average Bonchev–Trinajstić information content (AvgIpc) is 2.31. The zero-order valence-corrected chi connectivity index (χ0v) is 9.70. The summed E-state index contributed by atoms with van der Waals surface area (Å²) < 4.78 is 13.0. The molecule has 7 heteroatoms. The lowest BCUT2D eigenvalue weighted by atomic mass is 10.2. The largest absolute Gasteiger partial charge is 0.478 e. The molecule has 18 heavy (non-hydrogen) atoms. The predicted octanol–water partition coefficient (Wildman–Crippen LogP) is 1.76. The molecule has 0 spiro atoms. The van der Waals surface area contributed by atoms with Crippen molar-refractivity contribution in [2.24, 2.45) is 0 Å². The van der Waals surface area contributed by atoms with E-state index in [-0.39, 0.29) is 16.3 Å². The van der Waals surface area contributed by atoms with Gasteiger partial charge in [0.2, 0.25) is 0 Å². The summed E-state index contributed by atoms with van der Waals surface area (Å²) in [5.74, 6) is -1.87. The Morgan fingerprint density at radius 2 is 2.17 bits per heavy atom. The van der Waals surface area contributed by atoms with E-state index in [1.54, 1.807) is 0 Å². The van der Waals surface area contributed by atoms with Gasteiger partial charge in [0.25, 0.3) is 5.56 Å². The van der Waals surface area contributed by atoms with Crippen LogP contribution >= 0.6 is 11.8 Å². The number of hydrogen-bond acceptors (Lipinski definition) is 4. The van der Waals surface area contributed by atoms with Crippen molar-refractivity contribution >= 4 is 17.7 Å². The van der Waals surface area contributed by atoms with Crippen molar-refractivity contribution in [2.75, 3.05) is 0 Å². The van der Waals surface area contributed by atoms with Crippen LogP contribution in [0.2, 0.25) is 0 Å². The first kappa shape index (κ1) is 12.3. The van der Waals surface area contributed by atoms with Gasteiger partial charge in [-0.3, -0.25) is 4.79 Å². The van der Waals surface area contributed by atoms with Crippen molar-refractivity contribution in [2.45, 2.75) is 10.1 Å². The Morgan fingerprint density at radius 3 is 2.83 bits per heavy atom. The highest BCUT2D eigenvalue weighted by atomic mass is 32.2. The number of nitrogens with zero attached hydrogens (tertiary/aromatic N) is 1. The summed E-state index contributed by atoms with van der Waals surface area (Å²) in [5, 5.41) is 9.20. The number of aromatic amines is 1. The summed E-state index contributed by atoms with van der Waals surface area (Å²) in [6, 6.07) is 4.64. The molecular weight excluding hydrogens is 259 g/mol. The highest BCUT2D eigenvalue weighted by Crippen LogP contribution is 2.27. The zero-order valence-electron chi connectivity index (χ0n) is 8.88. The number of rotatable bonds is 3. The lowest BCUT2D eigenvalue weighted by Crippen LogP contribution is -2.06. The van der Waals surface area contributed by atoms with Gasteiger partial charge < -0.3 is 10.1 Å². The molecule has 0 radical (unpaired) electrons. The van der Waals surface area contributed by atoms with Crippen LogP contribution in [0.1, 0.15) is 10.4 Å². The van der Waals surface area contributed by atoms with Gasteiger partial charge in [-0.2, -0.15) is 0 Å². The quantitative estimate of drug-likeness (QED) is 0.827. The van der Waals surface area contributed by atoms with Gasteiger partial charge in [0.05, 0.1) is 5.56 Å². The van der Waals surface area contributed by atoms with Crippen LogP contribution in [0.4, 0.5) is 4.39 Å². The van der Waals surface area contributed by atoms with E-state index in [0.717, 1.165) is 23.9 Å².